The molecule has 1 aliphatic rings. The predicted octanol–water partition coefficient (Wildman–Crippen LogP) is -0.492. The minimum Gasteiger partial charge on any atom is -0.465 e. The van der Waals surface area contributed by atoms with Crippen LogP contribution in [0.4, 0.5) is 0 Å². The van der Waals surface area contributed by atoms with Gasteiger partial charge in [-0.25, -0.2) is 4.79 Å². The van der Waals surface area contributed by atoms with Crippen LogP contribution >= 0.6 is 11.6 Å². The van der Waals surface area contributed by atoms with Gasteiger partial charge in [-0.05, 0) is 17.7 Å². The largest absolute Gasteiger partial charge is 0.465 e. The first-order chi connectivity index (χ1) is 25.6. The number of benzene rings is 1. The quantitative estimate of drug-likeness (QED) is 0.0761. The third kappa shape index (κ3) is 15.9. The molecule has 4 N–H and O–H groups in total. The van der Waals surface area contributed by atoms with E-state index in [-0.39, 0.29) is 32.8 Å². The van der Waals surface area contributed by atoms with Gasteiger partial charge in [0.1, 0.15) is 12.2 Å². The second-order valence-electron chi connectivity index (χ2n) is 11.7. The summed E-state index contributed by atoms with van der Waals surface area (Å²) in [6.07, 6.45) is -7.24. The lowest BCUT2D eigenvalue weighted by Gasteiger charge is -2.48. The van der Waals surface area contributed by atoms with Crippen molar-refractivity contribution >= 4 is 53.3 Å². The van der Waals surface area contributed by atoms with E-state index in [0.717, 1.165) is 34.8 Å². The molecule has 2 rings (SSSR count). The van der Waals surface area contributed by atoms with Gasteiger partial charge < -0.3 is 59.0 Å². The lowest BCUT2D eigenvalue weighted by atomic mass is 9.87. The summed E-state index contributed by atoms with van der Waals surface area (Å²) in [6, 6.07) is 4.96. The second kappa shape index (κ2) is 23.4. The van der Waals surface area contributed by atoms with E-state index < -0.39 is 97.5 Å². The zero-order valence-corrected chi connectivity index (χ0v) is 31.5. The van der Waals surface area contributed by atoms with Crippen LogP contribution in [0.2, 0.25) is 5.02 Å². The number of amides is 2. The van der Waals surface area contributed by atoms with Crippen LogP contribution < -0.4 is 16.4 Å². The maximum atomic E-state index is 13.5. The van der Waals surface area contributed by atoms with Crippen LogP contribution in [0.25, 0.3) is 0 Å². The van der Waals surface area contributed by atoms with Crippen LogP contribution in [-0.4, -0.2) is 138 Å². The van der Waals surface area contributed by atoms with Gasteiger partial charge >= 0.3 is 29.8 Å². The molecule has 1 aliphatic heterocycles. The molecule has 0 aliphatic carbocycles. The smallest absolute Gasteiger partial charge is 0.366 e. The second-order valence-corrected chi connectivity index (χ2v) is 12.2. The molecule has 2 amide bonds. The number of hydrogen-bond acceptors (Lipinski definition) is 17. The number of esters is 5. The Hall–Kier alpha value is -4.40. The van der Waals surface area contributed by atoms with Gasteiger partial charge in [-0.3, -0.25) is 28.8 Å². The first-order valence-electron chi connectivity index (χ1n) is 16.8. The van der Waals surface area contributed by atoms with Gasteiger partial charge in [0, 0.05) is 39.3 Å². The van der Waals surface area contributed by atoms with Crippen LogP contribution in [0.15, 0.2) is 24.3 Å². The highest BCUT2D eigenvalue weighted by molar-refractivity contribution is 6.30. The van der Waals surface area contributed by atoms with Crippen molar-refractivity contribution in [3.05, 3.63) is 34.9 Å². The van der Waals surface area contributed by atoms with Crippen LogP contribution in [0.5, 0.6) is 0 Å². The molecule has 1 aromatic rings. The number of methoxy groups -OCH3 is 1. The lowest BCUT2D eigenvalue weighted by molar-refractivity contribution is -0.315. The molecule has 1 aromatic carbocycles. The summed E-state index contributed by atoms with van der Waals surface area (Å²) in [6.45, 7) is 3.54. The third-order valence-electron chi connectivity index (χ3n) is 7.38. The molecule has 54 heavy (non-hydrogen) atoms. The maximum Gasteiger partial charge on any atom is 0.366 e. The molecular formula is C34H48ClN3O16. The fourth-order valence-electron chi connectivity index (χ4n) is 5.27. The third-order valence-corrected chi connectivity index (χ3v) is 7.64. The zero-order valence-electron chi connectivity index (χ0n) is 30.8. The monoisotopic (exact) mass is 789 g/mol. The number of rotatable bonds is 22. The van der Waals surface area contributed by atoms with E-state index in [4.69, 9.17) is 60.0 Å². The fraction of sp³-hybridized carbons (Fsp3) is 0.618. The van der Waals surface area contributed by atoms with Crippen molar-refractivity contribution in [1.82, 2.24) is 10.6 Å². The highest BCUT2D eigenvalue weighted by Gasteiger charge is 2.59. The van der Waals surface area contributed by atoms with Crippen molar-refractivity contribution < 1.29 is 76.2 Å². The van der Waals surface area contributed by atoms with E-state index in [1.165, 1.54) is 0 Å². The molecular weight excluding hydrogens is 742 g/mol. The normalized spacial score (nSPS) is 20.4. The molecule has 19 nitrogen and oxygen atoms in total. The Labute approximate surface area is 317 Å². The van der Waals surface area contributed by atoms with Gasteiger partial charge in [0.2, 0.25) is 5.91 Å². The van der Waals surface area contributed by atoms with E-state index in [9.17, 15) is 33.6 Å². The van der Waals surface area contributed by atoms with Gasteiger partial charge in [0.25, 0.3) is 11.7 Å². The minimum absolute atomic E-state index is 0.0946. The van der Waals surface area contributed by atoms with Gasteiger partial charge in [-0.15, -0.1) is 0 Å². The lowest BCUT2D eigenvalue weighted by Crippen LogP contribution is -2.70. The van der Waals surface area contributed by atoms with E-state index in [1.807, 2.05) is 0 Å². The molecule has 0 radical (unpaired) electrons. The highest BCUT2D eigenvalue weighted by atomic mass is 35.5. The maximum absolute atomic E-state index is 13.5. The number of hydrogen-bond donors (Lipinski definition) is 3. The molecule has 1 heterocycles. The Kier molecular flexibility index (Phi) is 19.8. The zero-order chi connectivity index (χ0) is 40.3. The number of ether oxygens (including phenoxy) is 9. The molecule has 0 bridgehead atoms. The Balaban J connectivity index is 2.60. The van der Waals surface area contributed by atoms with E-state index in [2.05, 4.69) is 10.6 Å². The summed E-state index contributed by atoms with van der Waals surface area (Å²) in [5, 5.41) is 5.61. The van der Waals surface area contributed by atoms with Crippen molar-refractivity contribution in [3.8, 4) is 0 Å². The predicted molar refractivity (Wildman–Crippen MR) is 184 cm³/mol. The SMILES string of the molecule is COC(=O)[C@@]1(OCCOCCOCCN)C[C@H](OC(C)=O)[C@@H](NC(=O)COC(C)=O)[C@H]([C@H](OC(C)=O)[C@@H](CNC(=O)Cc2ccc(Cl)cc2)OC(C)=O)O1. The molecule has 1 saturated heterocycles. The molecule has 0 saturated carbocycles. The minimum atomic E-state index is -2.41. The summed E-state index contributed by atoms with van der Waals surface area (Å²) in [4.78, 5) is 88.6. The average molecular weight is 790 g/mol. The molecule has 0 aromatic heterocycles. The van der Waals surface area contributed by atoms with Crippen molar-refractivity contribution in [2.24, 2.45) is 5.73 Å². The van der Waals surface area contributed by atoms with Gasteiger partial charge in [0.15, 0.2) is 18.8 Å². The molecule has 6 atom stereocenters. The average Bonchev–Trinajstić information content (AvgIpc) is 3.10. The van der Waals surface area contributed by atoms with E-state index in [0.29, 0.717) is 23.7 Å². The topological polar surface area (TPSA) is 253 Å². The van der Waals surface area contributed by atoms with Gasteiger partial charge in [-0.2, -0.15) is 0 Å². The number of halogens is 1. The molecule has 0 spiro atoms. The summed E-state index contributed by atoms with van der Waals surface area (Å²) >= 11 is 5.94. The Morgan fingerprint density at radius 2 is 1.50 bits per heavy atom. The van der Waals surface area contributed by atoms with Gasteiger partial charge in [0.05, 0.1) is 65.6 Å². The fourth-order valence-corrected chi connectivity index (χ4v) is 5.40. The first kappa shape index (κ1) is 45.8. The Morgan fingerprint density at radius 1 is 0.870 bits per heavy atom. The van der Waals surface area contributed by atoms with Crippen LogP contribution in [0.1, 0.15) is 39.7 Å². The van der Waals surface area contributed by atoms with Crippen molar-refractivity contribution in [3.63, 3.8) is 0 Å². The Bertz CT molecular complexity index is 1430. The standard InChI is InChI=1S/C34H48ClN3O16/c1-20(39)49-19-29(44)38-30-26(51-21(2)40)17-34(33(45)46-5,50-15-14-48-13-12-47-11-10-36)54-32(30)31(53-23(4)42)27(52-22(3)41)18-37-28(43)16-24-6-8-25(35)9-7-24/h6-9,26-27,30-32H,10-19,36H2,1-5H3,(H,37,43)(H,38,44)/t26-,27+,30+,31+,32+,34+/m0/s1. The van der Waals surface area contributed by atoms with Crippen molar-refractivity contribution in [1.29, 1.82) is 0 Å². The summed E-state index contributed by atoms with van der Waals surface area (Å²) in [5.74, 6) is -8.46. The van der Waals surface area contributed by atoms with Crippen molar-refractivity contribution in [2.75, 3.05) is 59.8 Å². The number of carbonyl (C=O) groups excluding carboxylic acids is 7. The summed E-state index contributed by atoms with van der Waals surface area (Å²) in [5.41, 5.74) is 6.00. The first-order valence-corrected chi connectivity index (χ1v) is 17.2. The van der Waals surface area contributed by atoms with Crippen molar-refractivity contribution in [2.45, 2.75) is 76.8 Å². The molecule has 20 heteroatoms. The van der Waals surface area contributed by atoms with E-state index in [1.54, 1.807) is 24.3 Å². The number of carbonyl (C=O) groups is 7. The molecule has 302 valence electrons. The number of nitrogens with two attached hydrogens (primary N) is 1. The molecule has 1 fully saturated rings. The van der Waals surface area contributed by atoms with E-state index >= 15 is 0 Å². The number of nitrogens with one attached hydrogen (secondary N) is 2. The molecule has 0 unspecified atom stereocenters. The summed E-state index contributed by atoms with van der Waals surface area (Å²) < 4.78 is 49.5. The van der Waals surface area contributed by atoms with Crippen LogP contribution in [-0.2, 0) is 82.6 Å². The van der Waals surface area contributed by atoms with Crippen LogP contribution in [0.3, 0.4) is 0 Å². The Morgan fingerprint density at radius 3 is 2.07 bits per heavy atom. The summed E-state index contributed by atoms with van der Waals surface area (Å²) in [7, 11) is 1.03. The van der Waals surface area contributed by atoms with Gasteiger partial charge in [-0.1, -0.05) is 23.7 Å². The highest BCUT2D eigenvalue weighted by Crippen LogP contribution is 2.37. The van der Waals surface area contributed by atoms with Crippen LogP contribution in [0, 0.1) is 0 Å².